The van der Waals surface area contributed by atoms with Gasteiger partial charge in [0.05, 0.1) is 11.4 Å². The number of amides is 1. The van der Waals surface area contributed by atoms with E-state index in [-0.39, 0.29) is 5.75 Å². The molecular weight excluding hydrogens is 426 g/mol. The summed E-state index contributed by atoms with van der Waals surface area (Å²) in [5.74, 6) is -1.09. The van der Waals surface area contributed by atoms with Crippen LogP contribution in [0.25, 0.3) is 10.8 Å². The van der Waals surface area contributed by atoms with Crippen LogP contribution >= 0.6 is 15.9 Å². The molecule has 4 nitrogen and oxygen atoms in total. The predicted octanol–water partition coefficient (Wildman–Crippen LogP) is 4.57. The van der Waals surface area contributed by atoms with Crippen LogP contribution in [0.3, 0.4) is 0 Å². The van der Waals surface area contributed by atoms with Crippen molar-refractivity contribution in [1.82, 2.24) is 0 Å². The third-order valence-electron chi connectivity index (χ3n) is 4.29. The average molecular weight is 446 g/mol. The molecule has 3 aromatic carbocycles. The molecule has 0 atom stereocenters. The van der Waals surface area contributed by atoms with Crippen molar-refractivity contribution in [2.45, 2.75) is 12.7 Å². The number of hydrogen-bond donors (Lipinski definition) is 0. The van der Waals surface area contributed by atoms with Gasteiger partial charge in [-0.05, 0) is 36.1 Å². The Kier molecular flexibility index (Phi) is 5.97. The van der Waals surface area contributed by atoms with E-state index in [1.54, 1.807) is 23.1 Å². The minimum absolute atomic E-state index is 0.161. The number of carbonyl (C=O) groups excluding carboxylic acids is 1. The van der Waals surface area contributed by atoms with Gasteiger partial charge in [-0.15, -0.1) is 0 Å². The highest BCUT2D eigenvalue weighted by atomic mass is 79.9. The van der Waals surface area contributed by atoms with E-state index < -0.39 is 21.5 Å². The molecule has 6 heteroatoms. The molecule has 3 aromatic rings. The van der Waals surface area contributed by atoms with Gasteiger partial charge in [0.1, 0.15) is 5.75 Å². The Labute approximate surface area is 167 Å². The number of halogens is 1. The summed E-state index contributed by atoms with van der Waals surface area (Å²) in [4.78, 5) is 14.4. The zero-order valence-corrected chi connectivity index (χ0v) is 17.3. The predicted molar refractivity (Wildman–Crippen MR) is 114 cm³/mol. The van der Waals surface area contributed by atoms with Crippen molar-refractivity contribution in [2.75, 3.05) is 17.2 Å². The highest BCUT2D eigenvalue weighted by molar-refractivity contribution is 9.10. The second kappa shape index (κ2) is 8.23. The van der Waals surface area contributed by atoms with Crippen LogP contribution < -0.4 is 4.90 Å². The zero-order valence-electron chi connectivity index (χ0n) is 14.9. The van der Waals surface area contributed by atoms with E-state index in [1.165, 1.54) is 0 Å². The first-order valence-electron chi connectivity index (χ1n) is 8.62. The molecule has 0 aliphatic rings. The van der Waals surface area contributed by atoms with Crippen molar-refractivity contribution >= 4 is 48.1 Å². The summed E-state index contributed by atoms with van der Waals surface area (Å²) >= 11 is 3.34. The standard InChI is InChI=1S/C21H20BrNO3S/c1-2-23(20-12-6-9-17-8-3-4-11-19(17)20)21(24)15-27(25,26)14-16-7-5-10-18(22)13-16/h3-13H,2,14-15H2,1H3. The van der Waals surface area contributed by atoms with Crippen molar-refractivity contribution in [2.24, 2.45) is 0 Å². The largest absolute Gasteiger partial charge is 0.311 e. The summed E-state index contributed by atoms with van der Waals surface area (Å²) in [6.07, 6.45) is 0. The topological polar surface area (TPSA) is 54.5 Å². The van der Waals surface area contributed by atoms with Gasteiger partial charge in [-0.1, -0.05) is 64.5 Å². The number of nitrogens with zero attached hydrogens (tertiary/aromatic N) is 1. The Morgan fingerprint density at radius 3 is 2.44 bits per heavy atom. The molecule has 1 amide bonds. The lowest BCUT2D eigenvalue weighted by molar-refractivity contribution is -0.116. The third kappa shape index (κ3) is 4.76. The quantitative estimate of drug-likeness (QED) is 0.558. The van der Waals surface area contributed by atoms with Gasteiger partial charge < -0.3 is 4.90 Å². The van der Waals surface area contributed by atoms with E-state index in [4.69, 9.17) is 0 Å². The van der Waals surface area contributed by atoms with Crippen LogP contribution in [-0.2, 0) is 20.4 Å². The van der Waals surface area contributed by atoms with E-state index in [9.17, 15) is 13.2 Å². The molecule has 0 aliphatic heterocycles. The second-order valence-electron chi connectivity index (χ2n) is 6.30. The van der Waals surface area contributed by atoms with Crippen LogP contribution in [-0.4, -0.2) is 26.6 Å². The average Bonchev–Trinajstić information content (AvgIpc) is 2.61. The van der Waals surface area contributed by atoms with Crippen molar-refractivity contribution in [3.8, 4) is 0 Å². The first-order valence-corrected chi connectivity index (χ1v) is 11.2. The zero-order chi connectivity index (χ0) is 19.4. The highest BCUT2D eigenvalue weighted by Crippen LogP contribution is 2.27. The smallest absolute Gasteiger partial charge is 0.242 e. The number of hydrogen-bond acceptors (Lipinski definition) is 3. The molecule has 0 spiro atoms. The lowest BCUT2D eigenvalue weighted by Gasteiger charge is -2.23. The van der Waals surface area contributed by atoms with Gasteiger partial charge in [-0.3, -0.25) is 4.79 Å². The van der Waals surface area contributed by atoms with Gasteiger partial charge in [0.2, 0.25) is 5.91 Å². The maximum Gasteiger partial charge on any atom is 0.242 e. The van der Waals surface area contributed by atoms with Crippen LogP contribution in [0.5, 0.6) is 0 Å². The lowest BCUT2D eigenvalue weighted by atomic mass is 10.1. The van der Waals surface area contributed by atoms with Crippen LogP contribution in [0, 0.1) is 0 Å². The molecule has 0 unspecified atom stereocenters. The number of anilines is 1. The third-order valence-corrected chi connectivity index (χ3v) is 6.25. The molecule has 0 saturated carbocycles. The molecule has 140 valence electrons. The Morgan fingerprint density at radius 2 is 1.70 bits per heavy atom. The van der Waals surface area contributed by atoms with Gasteiger partial charge in [-0.2, -0.15) is 0 Å². The molecule has 0 aromatic heterocycles. The van der Waals surface area contributed by atoms with E-state index in [0.717, 1.165) is 20.9 Å². The summed E-state index contributed by atoms with van der Waals surface area (Å²) in [6.45, 7) is 2.25. The fourth-order valence-corrected chi connectivity index (χ4v) is 4.89. The van der Waals surface area contributed by atoms with Gasteiger partial charge >= 0.3 is 0 Å². The van der Waals surface area contributed by atoms with Crippen LogP contribution in [0.15, 0.2) is 71.2 Å². The van der Waals surface area contributed by atoms with E-state index in [0.29, 0.717) is 12.1 Å². The highest BCUT2D eigenvalue weighted by Gasteiger charge is 2.23. The number of fused-ring (bicyclic) bond motifs is 1. The summed E-state index contributed by atoms with van der Waals surface area (Å²) in [5, 5.41) is 1.94. The van der Waals surface area contributed by atoms with Crippen LogP contribution in [0.4, 0.5) is 5.69 Å². The summed E-state index contributed by atoms with van der Waals surface area (Å²) < 4.78 is 26.0. The fourth-order valence-electron chi connectivity index (χ4n) is 3.12. The van der Waals surface area contributed by atoms with Crippen LogP contribution in [0.1, 0.15) is 12.5 Å². The van der Waals surface area contributed by atoms with Crippen molar-refractivity contribution in [1.29, 1.82) is 0 Å². The maximum absolute atomic E-state index is 12.8. The molecular formula is C21H20BrNO3S. The first kappa shape index (κ1) is 19.6. The van der Waals surface area contributed by atoms with Crippen molar-refractivity contribution in [3.05, 3.63) is 76.8 Å². The molecule has 0 radical (unpaired) electrons. The fraction of sp³-hybridized carbons (Fsp3) is 0.190. The number of sulfone groups is 1. The number of carbonyl (C=O) groups is 1. The Bertz CT molecular complexity index is 1070. The Balaban J connectivity index is 1.84. The summed E-state index contributed by atoms with van der Waals surface area (Å²) in [6, 6.07) is 20.6. The minimum Gasteiger partial charge on any atom is -0.311 e. The molecule has 0 heterocycles. The van der Waals surface area contributed by atoms with E-state index in [1.807, 2.05) is 55.5 Å². The SMILES string of the molecule is CCN(C(=O)CS(=O)(=O)Cc1cccc(Br)c1)c1cccc2ccccc12. The van der Waals surface area contributed by atoms with Gasteiger partial charge in [-0.25, -0.2) is 8.42 Å². The molecule has 0 aliphatic carbocycles. The van der Waals surface area contributed by atoms with Crippen molar-refractivity contribution in [3.63, 3.8) is 0 Å². The van der Waals surface area contributed by atoms with Gasteiger partial charge in [0.15, 0.2) is 9.84 Å². The molecule has 0 bridgehead atoms. The van der Waals surface area contributed by atoms with Gasteiger partial charge in [0, 0.05) is 16.4 Å². The summed E-state index contributed by atoms with van der Waals surface area (Å²) in [5.41, 5.74) is 1.39. The number of benzene rings is 3. The number of rotatable bonds is 6. The Morgan fingerprint density at radius 1 is 1.00 bits per heavy atom. The monoisotopic (exact) mass is 445 g/mol. The first-order chi connectivity index (χ1) is 12.9. The Hall–Kier alpha value is -2.18. The summed E-state index contributed by atoms with van der Waals surface area (Å²) in [7, 11) is -3.58. The molecule has 3 rings (SSSR count). The van der Waals surface area contributed by atoms with Crippen LogP contribution in [0.2, 0.25) is 0 Å². The van der Waals surface area contributed by atoms with E-state index in [2.05, 4.69) is 15.9 Å². The van der Waals surface area contributed by atoms with Gasteiger partial charge in [0.25, 0.3) is 0 Å². The molecule has 27 heavy (non-hydrogen) atoms. The van der Waals surface area contributed by atoms with Crippen molar-refractivity contribution < 1.29 is 13.2 Å². The second-order valence-corrected chi connectivity index (χ2v) is 9.28. The molecule has 0 saturated heterocycles. The normalized spacial score (nSPS) is 11.5. The lowest BCUT2D eigenvalue weighted by Crippen LogP contribution is -2.36. The minimum atomic E-state index is -3.58. The van der Waals surface area contributed by atoms with E-state index >= 15 is 0 Å². The molecule has 0 N–H and O–H groups in total. The molecule has 0 fully saturated rings. The maximum atomic E-state index is 12.8.